The van der Waals surface area contributed by atoms with Gasteiger partial charge in [0.15, 0.2) is 5.82 Å². The second-order valence-electron chi connectivity index (χ2n) is 4.51. The van der Waals surface area contributed by atoms with Crippen molar-refractivity contribution in [1.82, 2.24) is 20.3 Å². The van der Waals surface area contributed by atoms with Gasteiger partial charge in [0.05, 0.1) is 0 Å². The van der Waals surface area contributed by atoms with Crippen molar-refractivity contribution in [2.24, 2.45) is 0 Å². The number of amides is 1. The maximum Gasteiger partial charge on any atom is 0.219 e. The summed E-state index contributed by atoms with van der Waals surface area (Å²) in [5.74, 6) is 1.46. The molecule has 0 fully saturated rings. The average Bonchev–Trinajstić information content (AvgIpc) is 2.55. The summed E-state index contributed by atoms with van der Waals surface area (Å²) in [5, 5.41) is 5.88. The van der Waals surface area contributed by atoms with Crippen molar-refractivity contribution in [3.05, 3.63) is 36.3 Å². The molecule has 2 rings (SSSR count). The van der Waals surface area contributed by atoms with Gasteiger partial charge in [0, 0.05) is 56.2 Å². The molecule has 2 aromatic heterocycles. The predicted octanol–water partition coefficient (Wildman–Crippen LogP) is 1.65. The molecule has 0 aliphatic rings. The number of hydrogen-bond donors (Lipinski definition) is 2. The van der Waals surface area contributed by atoms with Crippen LogP contribution in [0.25, 0.3) is 11.4 Å². The lowest BCUT2D eigenvalue weighted by molar-refractivity contribution is -0.120. The molecule has 0 saturated carbocycles. The van der Waals surface area contributed by atoms with Crippen molar-refractivity contribution in [3.63, 3.8) is 0 Å². The van der Waals surface area contributed by atoms with Crippen LogP contribution < -0.4 is 10.6 Å². The molecular weight excluding hydrogens is 266 g/mol. The molecule has 0 saturated heterocycles. The second kappa shape index (κ2) is 7.33. The van der Waals surface area contributed by atoms with Crippen LogP contribution in [-0.4, -0.2) is 34.5 Å². The number of hydrogen-bond acceptors (Lipinski definition) is 5. The number of pyridine rings is 1. The van der Waals surface area contributed by atoms with Gasteiger partial charge in [-0.05, 0) is 12.1 Å². The van der Waals surface area contributed by atoms with Gasteiger partial charge in [0.1, 0.15) is 5.82 Å². The molecule has 6 nitrogen and oxygen atoms in total. The van der Waals surface area contributed by atoms with Gasteiger partial charge in [-0.2, -0.15) is 0 Å². The number of nitrogens with one attached hydrogen (secondary N) is 2. The quantitative estimate of drug-likeness (QED) is 0.843. The molecule has 0 aromatic carbocycles. The molecule has 0 aliphatic carbocycles. The molecule has 0 unspecified atom stereocenters. The van der Waals surface area contributed by atoms with Gasteiger partial charge in [-0.1, -0.05) is 6.92 Å². The fraction of sp³-hybridized carbons (Fsp3) is 0.333. The summed E-state index contributed by atoms with van der Waals surface area (Å²) in [6, 6.07) is 5.64. The van der Waals surface area contributed by atoms with Crippen LogP contribution in [0.15, 0.2) is 30.6 Å². The highest BCUT2D eigenvalue weighted by molar-refractivity contribution is 5.75. The van der Waals surface area contributed by atoms with Crippen LogP contribution in [0.5, 0.6) is 0 Å². The van der Waals surface area contributed by atoms with Crippen LogP contribution in [-0.2, 0) is 11.2 Å². The lowest BCUT2D eigenvalue weighted by atomic mass is 10.2. The summed E-state index contributed by atoms with van der Waals surface area (Å²) in [7, 11) is 1.82. The highest BCUT2D eigenvalue weighted by atomic mass is 16.1. The monoisotopic (exact) mass is 285 g/mol. The first-order valence-corrected chi connectivity index (χ1v) is 6.95. The zero-order valence-corrected chi connectivity index (χ0v) is 12.3. The average molecular weight is 285 g/mol. The molecule has 0 spiro atoms. The van der Waals surface area contributed by atoms with Crippen LogP contribution in [0.4, 0.5) is 5.82 Å². The number of nitrogens with zero attached hydrogens (tertiary/aromatic N) is 3. The van der Waals surface area contributed by atoms with E-state index in [1.807, 2.05) is 32.2 Å². The van der Waals surface area contributed by atoms with Crippen molar-refractivity contribution in [2.45, 2.75) is 19.8 Å². The number of rotatable bonds is 6. The van der Waals surface area contributed by atoms with Crippen LogP contribution in [0.1, 0.15) is 19.0 Å². The Morgan fingerprint density at radius 1 is 1.24 bits per heavy atom. The summed E-state index contributed by atoms with van der Waals surface area (Å²) in [4.78, 5) is 24.2. The van der Waals surface area contributed by atoms with Gasteiger partial charge in [0.2, 0.25) is 5.91 Å². The molecule has 21 heavy (non-hydrogen) atoms. The van der Waals surface area contributed by atoms with Gasteiger partial charge in [0.25, 0.3) is 0 Å². The fourth-order valence-corrected chi connectivity index (χ4v) is 1.84. The predicted molar refractivity (Wildman–Crippen MR) is 81.8 cm³/mol. The third-order valence-electron chi connectivity index (χ3n) is 3.00. The SMILES string of the molecule is CCC(=O)NCCc1cc(NC)nc(-c2ccncc2)n1. The van der Waals surface area contributed by atoms with Crippen molar-refractivity contribution in [3.8, 4) is 11.4 Å². The fourth-order valence-electron chi connectivity index (χ4n) is 1.84. The summed E-state index contributed by atoms with van der Waals surface area (Å²) < 4.78 is 0. The minimum absolute atomic E-state index is 0.0484. The van der Waals surface area contributed by atoms with E-state index in [0.717, 1.165) is 17.1 Å². The molecule has 1 amide bonds. The van der Waals surface area contributed by atoms with E-state index < -0.39 is 0 Å². The van der Waals surface area contributed by atoms with E-state index in [9.17, 15) is 4.79 Å². The van der Waals surface area contributed by atoms with Crippen LogP contribution in [0, 0.1) is 0 Å². The third kappa shape index (κ3) is 4.24. The van der Waals surface area contributed by atoms with Gasteiger partial charge < -0.3 is 10.6 Å². The molecule has 0 radical (unpaired) electrons. The molecule has 2 N–H and O–H groups in total. The Balaban J connectivity index is 2.16. The van der Waals surface area contributed by atoms with E-state index in [2.05, 4.69) is 25.6 Å². The number of anilines is 1. The van der Waals surface area contributed by atoms with Crippen LogP contribution in [0.3, 0.4) is 0 Å². The Bertz CT molecular complexity index is 600. The maximum atomic E-state index is 11.3. The number of aromatic nitrogens is 3. The minimum Gasteiger partial charge on any atom is -0.373 e. The third-order valence-corrected chi connectivity index (χ3v) is 3.00. The Morgan fingerprint density at radius 2 is 2.00 bits per heavy atom. The topological polar surface area (TPSA) is 79.8 Å². The standard InChI is InChI=1S/C15H19N5O/c1-3-14(21)18-9-6-12-10-13(16-2)20-15(19-12)11-4-7-17-8-5-11/h4-5,7-8,10H,3,6,9H2,1-2H3,(H,18,21)(H,16,19,20). The molecule has 0 atom stereocenters. The summed E-state index contributed by atoms with van der Waals surface area (Å²) in [6.07, 6.45) is 4.59. The van der Waals surface area contributed by atoms with Crippen molar-refractivity contribution < 1.29 is 4.79 Å². The first kappa shape index (κ1) is 14.9. The van der Waals surface area contributed by atoms with E-state index in [4.69, 9.17) is 0 Å². The molecule has 110 valence electrons. The summed E-state index contributed by atoms with van der Waals surface area (Å²) >= 11 is 0. The zero-order valence-electron chi connectivity index (χ0n) is 12.3. The van der Waals surface area contributed by atoms with Gasteiger partial charge in [-0.15, -0.1) is 0 Å². The maximum absolute atomic E-state index is 11.3. The highest BCUT2D eigenvalue weighted by Gasteiger charge is 2.06. The first-order chi connectivity index (χ1) is 10.2. The van der Waals surface area contributed by atoms with E-state index in [1.165, 1.54) is 0 Å². The molecule has 6 heteroatoms. The molecule has 0 bridgehead atoms. The summed E-state index contributed by atoms with van der Waals surface area (Å²) in [6.45, 7) is 2.41. The number of carbonyl (C=O) groups excluding carboxylic acids is 1. The molecule has 2 heterocycles. The van der Waals surface area contributed by atoms with E-state index >= 15 is 0 Å². The van der Waals surface area contributed by atoms with E-state index in [1.54, 1.807) is 12.4 Å². The second-order valence-corrected chi connectivity index (χ2v) is 4.51. The molecule has 2 aromatic rings. The minimum atomic E-state index is 0.0484. The van der Waals surface area contributed by atoms with E-state index in [-0.39, 0.29) is 5.91 Å². The summed E-state index contributed by atoms with van der Waals surface area (Å²) in [5.41, 5.74) is 1.80. The lowest BCUT2D eigenvalue weighted by Crippen LogP contribution is -2.24. The normalized spacial score (nSPS) is 10.2. The van der Waals surface area contributed by atoms with Gasteiger partial charge in [-0.3, -0.25) is 9.78 Å². The van der Waals surface area contributed by atoms with Crippen LogP contribution in [0.2, 0.25) is 0 Å². The Labute approximate surface area is 124 Å². The molecular formula is C15H19N5O. The van der Waals surface area contributed by atoms with Crippen molar-refractivity contribution >= 4 is 11.7 Å². The van der Waals surface area contributed by atoms with Crippen molar-refractivity contribution in [2.75, 3.05) is 18.9 Å². The lowest BCUT2D eigenvalue weighted by Gasteiger charge is -2.08. The van der Waals surface area contributed by atoms with Crippen molar-refractivity contribution in [1.29, 1.82) is 0 Å². The largest absolute Gasteiger partial charge is 0.373 e. The van der Waals surface area contributed by atoms with E-state index in [0.29, 0.717) is 25.2 Å². The molecule has 0 aliphatic heterocycles. The highest BCUT2D eigenvalue weighted by Crippen LogP contribution is 2.17. The Kier molecular flexibility index (Phi) is 5.20. The van der Waals surface area contributed by atoms with Crippen LogP contribution >= 0.6 is 0 Å². The Morgan fingerprint density at radius 3 is 2.67 bits per heavy atom. The van der Waals surface area contributed by atoms with Gasteiger partial charge in [-0.25, -0.2) is 9.97 Å². The number of carbonyl (C=O) groups is 1. The zero-order chi connectivity index (χ0) is 15.1. The smallest absolute Gasteiger partial charge is 0.219 e. The Hall–Kier alpha value is -2.50. The van der Waals surface area contributed by atoms with Gasteiger partial charge >= 0.3 is 0 Å². The first-order valence-electron chi connectivity index (χ1n) is 6.95.